The number of hydrogen-bond donors (Lipinski definition) is 0. The molecule has 0 aliphatic carbocycles. The highest BCUT2D eigenvalue weighted by molar-refractivity contribution is 6.07. The molecule has 0 atom stereocenters. The number of pyridine rings is 6. The summed E-state index contributed by atoms with van der Waals surface area (Å²) in [5.41, 5.74) is 16.2. The molecule has 78 heavy (non-hydrogen) atoms. The van der Waals surface area contributed by atoms with Crippen molar-refractivity contribution in [1.29, 1.82) is 0 Å². The second-order valence-electron chi connectivity index (χ2n) is 20.3. The molecule has 16 rings (SSSR count). The van der Waals surface area contributed by atoms with Gasteiger partial charge in [0.05, 0.1) is 67.3 Å². The van der Waals surface area contributed by atoms with Crippen molar-refractivity contribution in [3.63, 3.8) is 0 Å². The zero-order chi connectivity index (χ0) is 51.3. The van der Waals surface area contributed by atoms with Crippen LogP contribution in [0.4, 0.5) is 0 Å². The molecular formula is C72H42N6. The van der Waals surface area contributed by atoms with Gasteiger partial charge in [-0.1, -0.05) is 182 Å². The Balaban J connectivity index is 0.874. The molecule has 360 valence electrons. The molecule has 0 fully saturated rings. The van der Waals surface area contributed by atoms with Crippen LogP contribution < -0.4 is 0 Å². The van der Waals surface area contributed by atoms with Crippen LogP contribution in [0.15, 0.2) is 255 Å². The fraction of sp³-hybridized carbons (Fsp3) is 0. The lowest BCUT2D eigenvalue weighted by molar-refractivity contribution is 1.34. The van der Waals surface area contributed by atoms with E-state index < -0.39 is 0 Å². The van der Waals surface area contributed by atoms with Crippen molar-refractivity contribution in [1.82, 2.24) is 29.9 Å². The Hall–Kier alpha value is -10.6. The van der Waals surface area contributed by atoms with Crippen molar-refractivity contribution >= 4 is 97.7 Å². The molecule has 0 aliphatic rings. The molecule has 0 N–H and O–H groups in total. The number of aromatic nitrogens is 6. The third kappa shape index (κ3) is 7.49. The van der Waals surface area contributed by atoms with Crippen molar-refractivity contribution in [2.75, 3.05) is 0 Å². The molecule has 10 aromatic carbocycles. The number of nitrogens with zero attached hydrogens (tertiary/aromatic N) is 6. The molecule has 0 spiro atoms. The van der Waals surface area contributed by atoms with Crippen molar-refractivity contribution < 1.29 is 0 Å². The minimum Gasteiger partial charge on any atom is -0.245 e. The van der Waals surface area contributed by atoms with Crippen molar-refractivity contribution in [3.8, 4) is 67.5 Å². The normalized spacial score (nSPS) is 11.8. The molecule has 0 saturated carbocycles. The topological polar surface area (TPSA) is 77.3 Å². The molecule has 6 nitrogen and oxygen atoms in total. The van der Waals surface area contributed by atoms with E-state index in [1.807, 2.05) is 0 Å². The van der Waals surface area contributed by atoms with E-state index in [2.05, 4.69) is 255 Å². The Labute approximate surface area is 447 Å². The summed E-state index contributed by atoms with van der Waals surface area (Å²) >= 11 is 0. The van der Waals surface area contributed by atoms with E-state index in [4.69, 9.17) is 29.9 Å². The zero-order valence-corrected chi connectivity index (χ0v) is 41.9. The van der Waals surface area contributed by atoms with Crippen molar-refractivity contribution in [3.05, 3.63) is 255 Å². The van der Waals surface area contributed by atoms with E-state index in [1.165, 1.54) is 32.3 Å². The van der Waals surface area contributed by atoms with Crippen LogP contribution >= 0.6 is 0 Å². The number of fused-ring (bicyclic) bond motifs is 12. The summed E-state index contributed by atoms with van der Waals surface area (Å²) < 4.78 is 0. The maximum atomic E-state index is 5.50. The highest BCUT2D eigenvalue weighted by atomic mass is 14.8. The monoisotopic (exact) mass is 990 g/mol. The smallest absolute Gasteiger partial charge is 0.0972 e. The van der Waals surface area contributed by atoms with Gasteiger partial charge in [0.1, 0.15) is 0 Å². The largest absolute Gasteiger partial charge is 0.245 e. The Kier molecular flexibility index (Phi) is 9.84. The average molecular weight is 991 g/mol. The maximum absolute atomic E-state index is 5.50. The first-order chi connectivity index (χ1) is 38.5. The first-order valence-electron chi connectivity index (χ1n) is 26.3. The summed E-state index contributed by atoms with van der Waals surface area (Å²) in [6.07, 6.45) is 0. The molecule has 0 aliphatic heterocycles. The highest BCUT2D eigenvalue weighted by Crippen LogP contribution is 2.38. The van der Waals surface area contributed by atoms with Crippen LogP contribution in [-0.2, 0) is 0 Å². The van der Waals surface area contributed by atoms with Gasteiger partial charge in [-0.05, 0) is 105 Å². The fourth-order valence-electron chi connectivity index (χ4n) is 11.4. The van der Waals surface area contributed by atoms with Gasteiger partial charge in [-0.15, -0.1) is 0 Å². The van der Waals surface area contributed by atoms with Crippen LogP contribution in [0.5, 0.6) is 0 Å². The molecular weight excluding hydrogens is 949 g/mol. The van der Waals surface area contributed by atoms with E-state index in [0.29, 0.717) is 0 Å². The quantitative estimate of drug-likeness (QED) is 0.155. The molecule has 16 aromatic rings. The van der Waals surface area contributed by atoms with Gasteiger partial charge in [-0.2, -0.15) is 0 Å². The third-order valence-electron chi connectivity index (χ3n) is 15.5. The summed E-state index contributed by atoms with van der Waals surface area (Å²) in [5.74, 6) is 0. The van der Waals surface area contributed by atoms with Crippen LogP contribution in [0.2, 0.25) is 0 Å². The summed E-state index contributed by atoms with van der Waals surface area (Å²) in [5, 5.41) is 13.3. The molecule has 6 heteroatoms. The van der Waals surface area contributed by atoms with Gasteiger partial charge in [-0.3, -0.25) is 0 Å². The number of rotatable bonds is 6. The summed E-state index contributed by atoms with van der Waals surface area (Å²) in [4.78, 5) is 32.5. The molecule has 0 radical (unpaired) electrons. The average Bonchev–Trinajstić information content (AvgIpc) is 3.53. The van der Waals surface area contributed by atoms with Gasteiger partial charge in [0, 0.05) is 65.7 Å². The molecule has 0 saturated heterocycles. The predicted molar refractivity (Wildman–Crippen MR) is 323 cm³/mol. The lowest BCUT2D eigenvalue weighted by atomic mass is 9.97. The summed E-state index contributed by atoms with van der Waals surface area (Å²) in [6, 6.07) is 90.0. The summed E-state index contributed by atoms with van der Waals surface area (Å²) in [7, 11) is 0. The van der Waals surface area contributed by atoms with E-state index >= 15 is 0 Å². The van der Waals surface area contributed by atoms with Gasteiger partial charge in [-0.25, -0.2) is 29.9 Å². The lowest BCUT2D eigenvalue weighted by Gasteiger charge is -2.13. The minimum absolute atomic E-state index is 0.817. The van der Waals surface area contributed by atoms with E-state index in [9.17, 15) is 0 Å². The third-order valence-corrected chi connectivity index (χ3v) is 15.5. The zero-order valence-electron chi connectivity index (χ0n) is 41.9. The van der Waals surface area contributed by atoms with Crippen LogP contribution in [0, 0.1) is 0 Å². The lowest BCUT2D eigenvalue weighted by Crippen LogP contribution is -1.95. The Morgan fingerprint density at radius 2 is 0.333 bits per heavy atom. The van der Waals surface area contributed by atoms with E-state index in [-0.39, 0.29) is 0 Å². The molecule has 0 amide bonds. The SMILES string of the molecule is c1ccc2cc(-c3ccc4ccc5ccc(-c6cc(-c7ccc8ccc9ccc(-c%10ccc%11ccccc%11c%10)nc9c8n7)cc(-c7ccc8ccc9ccc(-c%10ccc%11ccccc%11c%10)nc9c8n7)c6)nc5c4n3)ccc2c1. The number of benzene rings is 10. The van der Waals surface area contributed by atoms with Crippen LogP contribution in [0.3, 0.4) is 0 Å². The second kappa shape index (κ2) is 17.5. The Bertz CT molecular complexity index is 4660. The molecule has 0 unspecified atom stereocenters. The first kappa shape index (κ1) is 43.8. The second-order valence-corrected chi connectivity index (χ2v) is 20.3. The fourth-order valence-corrected chi connectivity index (χ4v) is 11.4. The van der Waals surface area contributed by atoms with Crippen LogP contribution in [0.1, 0.15) is 0 Å². The standard InChI is InChI=1S/C72H42N6/c1-4-10-52-37-55(22-13-43(52)7-1)61-31-25-46-16-19-49-28-34-64(76-70(49)67(46)73-61)58-40-59(65-35-29-50-20-17-47-26-32-62(74-68(47)71(50)77-65)56-23-14-44-8-2-5-11-53(44)38-56)42-60(41-58)66-36-30-51-21-18-48-27-33-63(75-69(48)72(51)78-66)57-24-15-45-9-3-6-12-54(45)39-57/h1-42H. The highest BCUT2D eigenvalue weighted by Gasteiger charge is 2.17. The molecule has 6 aromatic heterocycles. The predicted octanol–water partition coefficient (Wildman–Crippen LogP) is 18.4. The maximum Gasteiger partial charge on any atom is 0.0972 e. The van der Waals surface area contributed by atoms with Crippen molar-refractivity contribution in [2.45, 2.75) is 0 Å². The summed E-state index contributed by atoms with van der Waals surface area (Å²) in [6.45, 7) is 0. The van der Waals surface area contributed by atoms with Crippen molar-refractivity contribution in [2.24, 2.45) is 0 Å². The van der Waals surface area contributed by atoms with Crippen LogP contribution in [-0.4, -0.2) is 29.9 Å². The van der Waals surface area contributed by atoms with Crippen LogP contribution in [0.25, 0.3) is 165 Å². The molecule has 0 bridgehead atoms. The van der Waals surface area contributed by atoms with E-state index in [0.717, 1.165) is 133 Å². The van der Waals surface area contributed by atoms with Gasteiger partial charge >= 0.3 is 0 Å². The van der Waals surface area contributed by atoms with Gasteiger partial charge in [0.2, 0.25) is 0 Å². The minimum atomic E-state index is 0.817. The Morgan fingerprint density at radius 3 is 0.577 bits per heavy atom. The number of hydrogen-bond acceptors (Lipinski definition) is 6. The first-order valence-corrected chi connectivity index (χ1v) is 26.3. The van der Waals surface area contributed by atoms with E-state index in [1.54, 1.807) is 0 Å². The Morgan fingerprint density at radius 1 is 0.141 bits per heavy atom. The van der Waals surface area contributed by atoms with Gasteiger partial charge < -0.3 is 0 Å². The van der Waals surface area contributed by atoms with Gasteiger partial charge in [0.25, 0.3) is 0 Å². The molecule has 6 heterocycles. The van der Waals surface area contributed by atoms with Gasteiger partial charge in [0.15, 0.2) is 0 Å².